The fourth-order valence-electron chi connectivity index (χ4n) is 0.925. The van der Waals surface area contributed by atoms with Gasteiger partial charge in [-0.2, -0.15) is 0 Å². The van der Waals surface area contributed by atoms with Crippen LogP contribution >= 0.6 is 11.6 Å². The molecule has 1 fully saturated rings. The number of aromatic nitrogens is 1. The van der Waals surface area contributed by atoms with Crippen LogP contribution in [-0.2, 0) is 0 Å². The van der Waals surface area contributed by atoms with Crippen molar-refractivity contribution in [2.45, 2.75) is 18.9 Å². The highest BCUT2D eigenvalue weighted by Crippen LogP contribution is 2.23. The second-order valence-electron chi connectivity index (χ2n) is 2.76. The van der Waals surface area contributed by atoms with Crippen LogP contribution in [0.3, 0.4) is 0 Å². The topological polar surface area (TPSA) is 24.9 Å². The number of pyridine rings is 1. The first-order valence-corrected chi connectivity index (χ1v) is 4.11. The molecule has 0 amide bonds. The highest BCUT2D eigenvalue weighted by atomic mass is 35.5. The molecular weight excluding hydrogens is 160 g/mol. The first-order valence-electron chi connectivity index (χ1n) is 3.74. The van der Waals surface area contributed by atoms with E-state index in [0.717, 1.165) is 5.82 Å². The van der Waals surface area contributed by atoms with Gasteiger partial charge in [0.25, 0.3) is 0 Å². The van der Waals surface area contributed by atoms with Crippen molar-refractivity contribution in [1.29, 1.82) is 0 Å². The summed E-state index contributed by atoms with van der Waals surface area (Å²) in [5.74, 6) is 0.889. The Kier molecular flexibility index (Phi) is 1.70. The molecule has 1 heterocycles. The maximum Gasteiger partial charge on any atom is 0.131 e. The lowest BCUT2D eigenvalue weighted by atomic mass is 10.4. The Bertz CT molecular complexity index is 258. The zero-order chi connectivity index (χ0) is 7.68. The van der Waals surface area contributed by atoms with Crippen LogP contribution in [0.15, 0.2) is 18.2 Å². The summed E-state index contributed by atoms with van der Waals surface area (Å²) in [5, 5.41) is 3.81. The lowest BCUT2D eigenvalue weighted by Crippen LogP contribution is -2.02. The van der Waals surface area contributed by atoms with Crippen molar-refractivity contribution in [2.24, 2.45) is 0 Å². The van der Waals surface area contributed by atoms with Gasteiger partial charge in [-0.3, -0.25) is 0 Å². The molecule has 0 radical (unpaired) electrons. The molecule has 3 heteroatoms. The molecule has 0 saturated heterocycles. The van der Waals surface area contributed by atoms with Crippen molar-refractivity contribution >= 4 is 17.4 Å². The maximum atomic E-state index is 5.70. The van der Waals surface area contributed by atoms with E-state index in [2.05, 4.69) is 10.3 Å². The van der Waals surface area contributed by atoms with Crippen molar-refractivity contribution in [3.8, 4) is 0 Å². The zero-order valence-electron chi connectivity index (χ0n) is 6.05. The third-order valence-corrected chi connectivity index (χ3v) is 1.85. The number of halogens is 1. The van der Waals surface area contributed by atoms with E-state index in [1.165, 1.54) is 12.8 Å². The second-order valence-corrected chi connectivity index (χ2v) is 3.15. The maximum absolute atomic E-state index is 5.70. The highest BCUT2D eigenvalue weighted by molar-refractivity contribution is 6.29. The van der Waals surface area contributed by atoms with Crippen molar-refractivity contribution in [3.05, 3.63) is 23.4 Å². The smallest absolute Gasteiger partial charge is 0.131 e. The Balaban J connectivity index is 2.10. The van der Waals surface area contributed by atoms with Gasteiger partial charge < -0.3 is 5.32 Å². The Morgan fingerprint density at radius 1 is 1.45 bits per heavy atom. The normalized spacial score (nSPS) is 16.5. The first-order chi connectivity index (χ1) is 5.34. The minimum Gasteiger partial charge on any atom is -0.367 e. The third kappa shape index (κ3) is 1.84. The average Bonchev–Trinajstić information content (AvgIpc) is 2.71. The van der Waals surface area contributed by atoms with Gasteiger partial charge in [-0.15, -0.1) is 0 Å². The fraction of sp³-hybridized carbons (Fsp3) is 0.375. The van der Waals surface area contributed by atoms with Gasteiger partial charge >= 0.3 is 0 Å². The summed E-state index contributed by atoms with van der Waals surface area (Å²) in [7, 11) is 0. The SMILES string of the molecule is Clc1cccc(NC2CC2)n1. The standard InChI is InChI=1S/C8H9ClN2/c9-7-2-1-3-8(11-7)10-6-4-5-6/h1-3,6H,4-5H2,(H,10,11). The average molecular weight is 169 g/mol. The van der Waals surface area contributed by atoms with Crippen LogP contribution < -0.4 is 5.32 Å². The van der Waals surface area contributed by atoms with Crippen LogP contribution in [0.25, 0.3) is 0 Å². The number of nitrogens with one attached hydrogen (secondary N) is 1. The molecule has 2 nitrogen and oxygen atoms in total. The van der Waals surface area contributed by atoms with Gasteiger partial charge in [0.1, 0.15) is 11.0 Å². The van der Waals surface area contributed by atoms with Gasteiger partial charge in [-0.25, -0.2) is 4.98 Å². The predicted octanol–water partition coefficient (Wildman–Crippen LogP) is 2.31. The molecule has 1 aliphatic rings. The summed E-state index contributed by atoms with van der Waals surface area (Å²) in [6.07, 6.45) is 2.52. The molecule has 0 spiro atoms. The van der Waals surface area contributed by atoms with Crippen LogP contribution in [0.1, 0.15) is 12.8 Å². The lowest BCUT2D eigenvalue weighted by molar-refractivity contribution is 1.11. The van der Waals surface area contributed by atoms with E-state index in [1.54, 1.807) is 6.07 Å². The summed E-state index contributed by atoms with van der Waals surface area (Å²) >= 11 is 5.70. The van der Waals surface area contributed by atoms with E-state index in [0.29, 0.717) is 11.2 Å². The molecule has 1 aromatic heterocycles. The fourth-order valence-corrected chi connectivity index (χ4v) is 1.09. The Labute approximate surface area is 70.6 Å². The molecule has 58 valence electrons. The van der Waals surface area contributed by atoms with Gasteiger partial charge in [0.15, 0.2) is 0 Å². The third-order valence-electron chi connectivity index (χ3n) is 1.64. The summed E-state index contributed by atoms with van der Waals surface area (Å²) in [4.78, 5) is 4.11. The number of nitrogens with zero attached hydrogens (tertiary/aromatic N) is 1. The van der Waals surface area contributed by atoms with Gasteiger partial charge in [0.2, 0.25) is 0 Å². The number of hydrogen-bond donors (Lipinski definition) is 1. The molecule has 0 bridgehead atoms. The van der Waals surface area contributed by atoms with Crippen LogP contribution in [0.2, 0.25) is 5.15 Å². The van der Waals surface area contributed by atoms with E-state index in [1.807, 2.05) is 12.1 Å². The van der Waals surface area contributed by atoms with Crippen molar-refractivity contribution < 1.29 is 0 Å². The minimum absolute atomic E-state index is 0.552. The van der Waals surface area contributed by atoms with Crippen LogP contribution in [0, 0.1) is 0 Å². The van der Waals surface area contributed by atoms with E-state index < -0.39 is 0 Å². The van der Waals surface area contributed by atoms with Crippen molar-refractivity contribution in [1.82, 2.24) is 4.98 Å². The van der Waals surface area contributed by atoms with E-state index >= 15 is 0 Å². The molecule has 2 rings (SSSR count). The second kappa shape index (κ2) is 2.70. The van der Waals surface area contributed by atoms with Crippen LogP contribution in [0.5, 0.6) is 0 Å². The van der Waals surface area contributed by atoms with Gasteiger partial charge in [-0.1, -0.05) is 17.7 Å². The molecule has 0 atom stereocenters. The Morgan fingerprint density at radius 2 is 2.27 bits per heavy atom. The molecule has 1 aliphatic carbocycles. The molecule has 0 unspecified atom stereocenters. The van der Waals surface area contributed by atoms with E-state index in [-0.39, 0.29) is 0 Å². The summed E-state index contributed by atoms with van der Waals surface area (Å²) in [6.45, 7) is 0. The van der Waals surface area contributed by atoms with E-state index in [9.17, 15) is 0 Å². The van der Waals surface area contributed by atoms with Gasteiger partial charge in [0.05, 0.1) is 0 Å². The monoisotopic (exact) mass is 168 g/mol. The van der Waals surface area contributed by atoms with Crippen molar-refractivity contribution in [3.63, 3.8) is 0 Å². The Morgan fingerprint density at radius 3 is 2.91 bits per heavy atom. The molecular formula is C8H9ClN2. The Hall–Kier alpha value is -0.760. The lowest BCUT2D eigenvalue weighted by Gasteiger charge is -2.01. The number of rotatable bonds is 2. The minimum atomic E-state index is 0.552. The van der Waals surface area contributed by atoms with Crippen LogP contribution in [0.4, 0.5) is 5.82 Å². The van der Waals surface area contributed by atoms with Gasteiger partial charge in [-0.05, 0) is 25.0 Å². The largest absolute Gasteiger partial charge is 0.367 e. The first kappa shape index (κ1) is 6.92. The number of hydrogen-bond acceptors (Lipinski definition) is 2. The quantitative estimate of drug-likeness (QED) is 0.686. The summed E-state index contributed by atoms with van der Waals surface area (Å²) in [5.41, 5.74) is 0. The predicted molar refractivity (Wildman–Crippen MR) is 45.9 cm³/mol. The van der Waals surface area contributed by atoms with Crippen LogP contribution in [-0.4, -0.2) is 11.0 Å². The number of anilines is 1. The summed E-state index contributed by atoms with van der Waals surface area (Å²) < 4.78 is 0. The zero-order valence-corrected chi connectivity index (χ0v) is 6.80. The summed E-state index contributed by atoms with van der Waals surface area (Å²) in [6, 6.07) is 6.25. The molecule has 1 aromatic rings. The van der Waals surface area contributed by atoms with Crippen molar-refractivity contribution in [2.75, 3.05) is 5.32 Å². The molecule has 0 aromatic carbocycles. The van der Waals surface area contributed by atoms with E-state index in [4.69, 9.17) is 11.6 Å². The van der Waals surface area contributed by atoms with Gasteiger partial charge in [0, 0.05) is 6.04 Å². The molecule has 0 aliphatic heterocycles. The molecule has 1 saturated carbocycles. The molecule has 1 N–H and O–H groups in total. The highest BCUT2D eigenvalue weighted by Gasteiger charge is 2.20. The molecule has 11 heavy (non-hydrogen) atoms.